The number of alkyl halides is 2. The molecule has 3 rings (SSSR count). The van der Waals surface area contributed by atoms with Gasteiger partial charge in [0.15, 0.2) is 0 Å². The lowest BCUT2D eigenvalue weighted by Crippen LogP contribution is -2.44. The summed E-state index contributed by atoms with van der Waals surface area (Å²) in [4.78, 5) is 14.0. The summed E-state index contributed by atoms with van der Waals surface area (Å²) >= 11 is 0. The molecule has 17 heavy (non-hydrogen) atoms. The molecule has 2 aliphatic heterocycles. The average Bonchev–Trinajstić information content (AvgIpc) is 3.21. The van der Waals surface area contributed by atoms with Crippen molar-refractivity contribution in [2.75, 3.05) is 26.6 Å². The maximum absolute atomic E-state index is 12.0. The molecular formula is C12H19F2NO2. The third kappa shape index (κ3) is 2.76. The van der Waals surface area contributed by atoms with Crippen LogP contribution >= 0.6 is 0 Å². The van der Waals surface area contributed by atoms with Crippen molar-refractivity contribution in [3.8, 4) is 0 Å². The fraction of sp³-hybridized carbons (Fsp3) is 0.917. The van der Waals surface area contributed by atoms with Crippen molar-refractivity contribution in [2.24, 2.45) is 5.41 Å². The Balaban J connectivity index is 0.000000329. The van der Waals surface area contributed by atoms with E-state index in [9.17, 15) is 13.6 Å². The second-order valence-corrected chi connectivity index (χ2v) is 5.43. The van der Waals surface area contributed by atoms with Gasteiger partial charge >= 0.3 is 0 Å². The van der Waals surface area contributed by atoms with Crippen molar-refractivity contribution in [2.45, 2.75) is 38.2 Å². The van der Waals surface area contributed by atoms with Crippen molar-refractivity contribution in [3.05, 3.63) is 0 Å². The van der Waals surface area contributed by atoms with E-state index in [4.69, 9.17) is 4.74 Å². The highest BCUT2D eigenvalue weighted by molar-refractivity contribution is 5.85. The van der Waals surface area contributed by atoms with Crippen LogP contribution in [0.4, 0.5) is 8.78 Å². The molecule has 5 heteroatoms. The molecule has 98 valence electrons. The van der Waals surface area contributed by atoms with Crippen LogP contribution in [0.15, 0.2) is 0 Å². The summed E-state index contributed by atoms with van der Waals surface area (Å²) < 4.78 is 24.7. The lowest BCUT2D eigenvalue weighted by atomic mass is 9.96. The monoisotopic (exact) mass is 247 g/mol. The average molecular weight is 247 g/mol. The second-order valence-electron chi connectivity index (χ2n) is 5.43. The van der Waals surface area contributed by atoms with Gasteiger partial charge in [-0.1, -0.05) is 6.92 Å². The third-order valence-corrected chi connectivity index (χ3v) is 4.03. The fourth-order valence-electron chi connectivity index (χ4n) is 2.29. The Hall–Kier alpha value is -0.710. The van der Waals surface area contributed by atoms with Gasteiger partial charge in [-0.2, -0.15) is 0 Å². The van der Waals surface area contributed by atoms with Crippen molar-refractivity contribution in [3.63, 3.8) is 0 Å². The van der Waals surface area contributed by atoms with Gasteiger partial charge in [-0.05, 0) is 25.7 Å². The standard InChI is InChI=1S/C11H17NO2.CH2F2/c1-10(2-3-10)9(13)12-6-4-11(5-7-12)8-14-11;2-1-3/h2-8H2,1H3;1H2. The van der Waals surface area contributed by atoms with Gasteiger partial charge < -0.3 is 9.64 Å². The highest BCUT2D eigenvalue weighted by atomic mass is 19.3. The van der Waals surface area contributed by atoms with E-state index in [1.54, 1.807) is 0 Å². The zero-order chi connectivity index (χ0) is 12.5. The van der Waals surface area contributed by atoms with E-state index in [1.807, 2.05) is 4.90 Å². The summed E-state index contributed by atoms with van der Waals surface area (Å²) in [6.45, 7) is 3.09. The van der Waals surface area contributed by atoms with Crippen LogP contribution in [-0.2, 0) is 9.53 Å². The molecule has 0 N–H and O–H groups in total. The molecule has 3 aliphatic rings. The minimum absolute atomic E-state index is 0.00884. The Morgan fingerprint density at radius 1 is 1.24 bits per heavy atom. The SMILES string of the molecule is CC1(C(=O)N2CCC3(CC2)CO3)CC1.FCF. The lowest BCUT2D eigenvalue weighted by molar-refractivity contribution is -0.137. The number of likely N-dealkylation sites (tertiary alicyclic amines) is 1. The third-order valence-electron chi connectivity index (χ3n) is 4.03. The van der Waals surface area contributed by atoms with Crippen LogP contribution in [0.3, 0.4) is 0 Å². The molecule has 1 saturated carbocycles. The molecule has 0 aromatic carbocycles. The minimum Gasteiger partial charge on any atom is -0.369 e. The first kappa shape index (κ1) is 12.7. The smallest absolute Gasteiger partial charge is 0.229 e. The van der Waals surface area contributed by atoms with E-state index in [2.05, 4.69) is 6.92 Å². The Morgan fingerprint density at radius 2 is 1.71 bits per heavy atom. The number of epoxide rings is 1. The molecular weight excluding hydrogens is 228 g/mol. The van der Waals surface area contributed by atoms with E-state index >= 15 is 0 Å². The predicted octanol–water partition coefficient (Wildman–Crippen LogP) is 2.06. The van der Waals surface area contributed by atoms with Crippen molar-refractivity contribution in [1.82, 2.24) is 4.90 Å². The van der Waals surface area contributed by atoms with E-state index < -0.39 is 6.93 Å². The fourth-order valence-corrected chi connectivity index (χ4v) is 2.29. The maximum atomic E-state index is 12.0. The molecule has 0 aromatic heterocycles. The molecule has 1 aliphatic carbocycles. The molecule has 2 heterocycles. The first-order chi connectivity index (χ1) is 8.05. The lowest BCUT2D eigenvalue weighted by Gasteiger charge is -2.32. The Labute approximate surface area is 100 Å². The van der Waals surface area contributed by atoms with E-state index in [0.717, 1.165) is 45.4 Å². The van der Waals surface area contributed by atoms with Crippen molar-refractivity contribution >= 4 is 5.91 Å². The van der Waals surface area contributed by atoms with Crippen molar-refractivity contribution in [1.29, 1.82) is 0 Å². The van der Waals surface area contributed by atoms with Gasteiger partial charge in [-0.15, -0.1) is 0 Å². The summed E-state index contributed by atoms with van der Waals surface area (Å²) in [5, 5.41) is 0. The van der Waals surface area contributed by atoms with Gasteiger partial charge in [-0.3, -0.25) is 4.79 Å². The van der Waals surface area contributed by atoms with Crippen molar-refractivity contribution < 1.29 is 18.3 Å². The van der Waals surface area contributed by atoms with Gasteiger partial charge in [0.25, 0.3) is 0 Å². The number of carbonyl (C=O) groups is 1. The molecule has 0 atom stereocenters. The maximum Gasteiger partial charge on any atom is 0.229 e. The van der Waals surface area contributed by atoms with Crippen LogP contribution in [0, 0.1) is 5.41 Å². The molecule has 1 amide bonds. The van der Waals surface area contributed by atoms with E-state index in [0.29, 0.717) is 5.91 Å². The number of ether oxygens (including phenoxy) is 1. The normalized spacial score (nSPS) is 27.1. The van der Waals surface area contributed by atoms with Crippen LogP contribution in [0.2, 0.25) is 0 Å². The summed E-state index contributed by atoms with van der Waals surface area (Å²) in [6, 6.07) is 0. The number of hydrogen-bond donors (Lipinski definition) is 0. The van der Waals surface area contributed by atoms with Gasteiger partial charge in [0.05, 0.1) is 12.2 Å². The topological polar surface area (TPSA) is 32.8 Å². The number of halogens is 2. The molecule has 3 fully saturated rings. The zero-order valence-corrected chi connectivity index (χ0v) is 10.2. The number of piperidine rings is 1. The van der Waals surface area contributed by atoms with Crippen LogP contribution in [0.5, 0.6) is 0 Å². The van der Waals surface area contributed by atoms with Crippen LogP contribution in [-0.4, -0.2) is 43.0 Å². The number of carbonyl (C=O) groups excluding carboxylic acids is 1. The number of rotatable bonds is 1. The van der Waals surface area contributed by atoms with Gasteiger partial charge in [0.2, 0.25) is 12.8 Å². The second kappa shape index (κ2) is 4.52. The summed E-state index contributed by atoms with van der Waals surface area (Å²) in [6.07, 6.45) is 4.28. The largest absolute Gasteiger partial charge is 0.369 e. The molecule has 0 bridgehead atoms. The summed E-state index contributed by atoms with van der Waals surface area (Å²) in [5.41, 5.74) is 0.205. The van der Waals surface area contributed by atoms with E-state index in [-0.39, 0.29) is 11.0 Å². The molecule has 0 radical (unpaired) electrons. The quantitative estimate of drug-likeness (QED) is 0.664. The Bertz CT molecular complexity index is 291. The summed E-state index contributed by atoms with van der Waals surface area (Å²) in [7, 11) is 0. The Kier molecular flexibility index (Phi) is 3.39. The molecule has 1 spiro atoms. The number of hydrogen-bond acceptors (Lipinski definition) is 2. The molecule has 2 saturated heterocycles. The Morgan fingerprint density at radius 3 is 2.06 bits per heavy atom. The number of nitrogens with zero attached hydrogens (tertiary/aromatic N) is 1. The molecule has 0 unspecified atom stereocenters. The van der Waals surface area contributed by atoms with Gasteiger partial charge in [-0.25, -0.2) is 8.78 Å². The van der Waals surface area contributed by atoms with Gasteiger partial charge in [0.1, 0.15) is 0 Å². The van der Waals surface area contributed by atoms with Crippen LogP contribution < -0.4 is 0 Å². The first-order valence-corrected chi connectivity index (χ1v) is 6.11. The van der Waals surface area contributed by atoms with Crippen LogP contribution in [0.25, 0.3) is 0 Å². The zero-order valence-electron chi connectivity index (χ0n) is 10.2. The highest BCUT2D eigenvalue weighted by Crippen LogP contribution is 2.47. The molecule has 0 aromatic rings. The predicted molar refractivity (Wildman–Crippen MR) is 58.9 cm³/mol. The highest BCUT2D eigenvalue weighted by Gasteiger charge is 2.51. The molecule has 3 nitrogen and oxygen atoms in total. The van der Waals surface area contributed by atoms with Crippen LogP contribution in [0.1, 0.15) is 32.6 Å². The van der Waals surface area contributed by atoms with E-state index in [1.165, 1.54) is 0 Å². The summed E-state index contributed by atoms with van der Waals surface area (Å²) in [5.74, 6) is 0.382. The minimum atomic E-state index is -1.75. The first-order valence-electron chi connectivity index (χ1n) is 6.11. The number of amides is 1. The van der Waals surface area contributed by atoms with Gasteiger partial charge in [0, 0.05) is 18.5 Å².